The Morgan fingerprint density at radius 3 is 2.10 bits per heavy atom. The highest BCUT2D eigenvalue weighted by Gasteiger charge is 2.33. The molecule has 2 atom stereocenters. The topological polar surface area (TPSA) is 86.8 Å². The molecule has 2 unspecified atom stereocenters. The number of anilines is 1. The molecule has 0 heterocycles. The Morgan fingerprint density at radius 2 is 1.54 bits per heavy atom. The average molecular weight is 570 g/mol. The van der Waals surface area contributed by atoms with E-state index in [0.29, 0.717) is 10.7 Å². The molecule has 7 nitrogen and oxygen atoms in total. The lowest BCUT2D eigenvalue weighted by atomic mass is 10.0. The maximum atomic E-state index is 14.0. The van der Waals surface area contributed by atoms with Crippen molar-refractivity contribution in [2.75, 3.05) is 17.1 Å². The summed E-state index contributed by atoms with van der Waals surface area (Å²) >= 11 is 6.08. The minimum absolute atomic E-state index is 0.0941. The Labute approximate surface area is 236 Å². The smallest absolute Gasteiger partial charge is 0.244 e. The number of hydrogen-bond donors (Lipinski definition) is 1. The lowest BCUT2D eigenvalue weighted by Crippen LogP contribution is -2.54. The maximum absolute atomic E-state index is 14.0. The van der Waals surface area contributed by atoms with Crippen molar-refractivity contribution in [3.8, 4) is 0 Å². The molecule has 0 bridgehead atoms. The van der Waals surface area contributed by atoms with E-state index in [1.807, 2.05) is 51.1 Å². The summed E-state index contributed by atoms with van der Waals surface area (Å²) in [5.74, 6) is -0.784. The lowest BCUT2D eigenvalue weighted by Gasteiger charge is -2.34. The van der Waals surface area contributed by atoms with Crippen LogP contribution >= 0.6 is 11.6 Å². The molecular formula is C30H36ClN3O4S. The zero-order valence-corrected chi connectivity index (χ0v) is 24.4. The lowest BCUT2D eigenvalue weighted by molar-refractivity contribution is -0.140. The normalized spacial score (nSPS) is 12.8. The van der Waals surface area contributed by atoms with E-state index in [4.69, 9.17) is 11.6 Å². The molecule has 0 aliphatic carbocycles. The van der Waals surface area contributed by atoms with E-state index >= 15 is 0 Å². The summed E-state index contributed by atoms with van der Waals surface area (Å²) in [5, 5.41) is 3.57. The summed E-state index contributed by atoms with van der Waals surface area (Å²) in [6.45, 7) is 5.44. The Hall–Kier alpha value is -3.36. The summed E-state index contributed by atoms with van der Waals surface area (Å²) < 4.78 is 26.7. The maximum Gasteiger partial charge on any atom is 0.244 e. The van der Waals surface area contributed by atoms with Crippen LogP contribution in [-0.2, 0) is 32.6 Å². The molecule has 0 aromatic heterocycles. The zero-order chi connectivity index (χ0) is 28.6. The molecule has 3 aromatic carbocycles. The van der Waals surface area contributed by atoms with Gasteiger partial charge in [0.05, 0.1) is 11.9 Å². The predicted molar refractivity (Wildman–Crippen MR) is 157 cm³/mol. The molecule has 0 fully saturated rings. The van der Waals surface area contributed by atoms with Crippen LogP contribution in [0.15, 0.2) is 78.9 Å². The van der Waals surface area contributed by atoms with E-state index in [1.54, 1.807) is 48.5 Å². The van der Waals surface area contributed by atoms with Gasteiger partial charge in [-0.05, 0) is 55.7 Å². The highest BCUT2D eigenvalue weighted by Crippen LogP contribution is 2.21. The van der Waals surface area contributed by atoms with Crippen LogP contribution in [-0.4, -0.2) is 50.0 Å². The monoisotopic (exact) mass is 569 g/mol. The molecule has 0 aliphatic rings. The highest BCUT2D eigenvalue weighted by atomic mass is 35.5. The molecule has 2 amide bonds. The van der Waals surface area contributed by atoms with Crippen molar-refractivity contribution in [2.24, 2.45) is 0 Å². The van der Waals surface area contributed by atoms with E-state index in [2.05, 4.69) is 5.32 Å². The molecule has 0 radical (unpaired) electrons. The van der Waals surface area contributed by atoms with Gasteiger partial charge in [-0.25, -0.2) is 8.42 Å². The van der Waals surface area contributed by atoms with E-state index in [9.17, 15) is 18.0 Å². The number of amides is 2. The molecule has 0 aliphatic heterocycles. The van der Waals surface area contributed by atoms with Gasteiger partial charge in [0.25, 0.3) is 0 Å². The second kappa shape index (κ2) is 13.6. The van der Waals surface area contributed by atoms with Gasteiger partial charge >= 0.3 is 0 Å². The fourth-order valence-electron chi connectivity index (χ4n) is 4.11. The second-order valence-corrected chi connectivity index (χ2v) is 12.1. The van der Waals surface area contributed by atoms with Crippen LogP contribution in [0, 0.1) is 6.92 Å². The summed E-state index contributed by atoms with van der Waals surface area (Å²) in [5.41, 5.74) is 3.00. The summed E-state index contributed by atoms with van der Waals surface area (Å²) in [6, 6.07) is 22.5. The molecule has 0 saturated heterocycles. The molecule has 3 aromatic rings. The fourth-order valence-corrected chi connectivity index (χ4v) is 5.08. The van der Waals surface area contributed by atoms with E-state index in [1.165, 1.54) is 4.90 Å². The SMILES string of the molecule is CCC(C)NC(=O)C(Cc1ccccc1)N(Cc1ccc(Cl)cc1)C(=O)CN(c1ccc(C)cc1)S(C)(=O)=O. The van der Waals surface area contributed by atoms with Crippen LogP contribution in [0.3, 0.4) is 0 Å². The fraction of sp³-hybridized carbons (Fsp3) is 0.333. The standard InChI is InChI=1S/C30H36ClN3O4S/c1-5-23(3)32-30(36)28(19-24-9-7-6-8-10-24)33(20-25-13-15-26(31)16-14-25)29(35)21-34(39(4,37)38)27-17-11-22(2)12-18-27/h6-18,23,28H,5,19-21H2,1-4H3,(H,32,36). The zero-order valence-electron chi connectivity index (χ0n) is 22.8. The van der Waals surface area contributed by atoms with E-state index in [-0.39, 0.29) is 24.9 Å². The predicted octanol–water partition coefficient (Wildman–Crippen LogP) is 4.97. The Balaban J connectivity index is 2.04. The molecular weight excluding hydrogens is 534 g/mol. The van der Waals surface area contributed by atoms with Crippen LogP contribution < -0.4 is 9.62 Å². The Morgan fingerprint density at radius 1 is 0.923 bits per heavy atom. The van der Waals surface area contributed by atoms with Gasteiger partial charge in [0.2, 0.25) is 21.8 Å². The van der Waals surface area contributed by atoms with Crippen molar-refractivity contribution in [3.63, 3.8) is 0 Å². The number of nitrogens with zero attached hydrogens (tertiary/aromatic N) is 2. The molecule has 0 saturated carbocycles. The van der Waals surface area contributed by atoms with Gasteiger partial charge in [0.1, 0.15) is 12.6 Å². The number of carbonyl (C=O) groups excluding carboxylic acids is 2. The minimum atomic E-state index is -3.80. The van der Waals surface area contributed by atoms with Crippen molar-refractivity contribution in [3.05, 3.63) is 101 Å². The number of halogens is 1. The third-order valence-corrected chi connectivity index (χ3v) is 7.93. The second-order valence-electron chi connectivity index (χ2n) is 9.78. The van der Waals surface area contributed by atoms with Crippen molar-refractivity contribution in [1.82, 2.24) is 10.2 Å². The van der Waals surface area contributed by atoms with Gasteiger partial charge in [-0.1, -0.05) is 78.7 Å². The van der Waals surface area contributed by atoms with Crippen LogP contribution in [0.5, 0.6) is 0 Å². The van der Waals surface area contributed by atoms with E-state index in [0.717, 1.165) is 33.7 Å². The first-order chi connectivity index (χ1) is 18.5. The van der Waals surface area contributed by atoms with Gasteiger partial charge < -0.3 is 10.2 Å². The van der Waals surface area contributed by atoms with E-state index < -0.39 is 28.5 Å². The van der Waals surface area contributed by atoms with Gasteiger partial charge in [-0.3, -0.25) is 13.9 Å². The quantitative estimate of drug-likeness (QED) is 0.334. The first kappa shape index (κ1) is 30.2. The largest absolute Gasteiger partial charge is 0.352 e. The van der Waals surface area contributed by atoms with Crippen molar-refractivity contribution in [1.29, 1.82) is 0 Å². The van der Waals surface area contributed by atoms with Gasteiger partial charge in [0, 0.05) is 24.0 Å². The molecule has 0 spiro atoms. The van der Waals surface area contributed by atoms with Crippen LogP contribution in [0.1, 0.15) is 37.0 Å². The summed E-state index contributed by atoms with van der Waals surface area (Å²) in [4.78, 5) is 29.1. The van der Waals surface area contributed by atoms with Gasteiger partial charge in [-0.15, -0.1) is 0 Å². The van der Waals surface area contributed by atoms with Gasteiger partial charge in [0.15, 0.2) is 0 Å². The van der Waals surface area contributed by atoms with Crippen LogP contribution in [0.2, 0.25) is 5.02 Å². The Bertz CT molecular complexity index is 1350. The third-order valence-electron chi connectivity index (χ3n) is 6.54. The van der Waals surface area contributed by atoms with Crippen molar-refractivity contribution < 1.29 is 18.0 Å². The number of benzene rings is 3. The highest BCUT2D eigenvalue weighted by molar-refractivity contribution is 7.92. The minimum Gasteiger partial charge on any atom is -0.352 e. The third kappa shape index (κ3) is 8.83. The molecule has 39 heavy (non-hydrogen) atoms. The van der Waals surface area contributed by atoms with Crippen LogP contribution in [0.4, 0.5) is 5.69 Å². The molecule has 3 rings (SSSR count). The summed E-state index contributed by atoms with van der Waals surface area (Å²) in [7, 11) is -3.80. The molecule has 1 N–H and O–H groups in total. The first-order valence-corrected chi connectivity index (χ1v) is 15.1. The first-order valence-electron chi connectivity index (χ1n) is 12.9. The number of hydrogen-bond acceptors (Lipinski definition) is 4. The average Bonchev–Trinajstić information content (AvgIpc) is 2.90. The van der Waals surface area contributed by atoms with Crippen molar-refractivity contribution >= 4 is 39.1 Å². The number of nitrogens with one attached hydrogen (secondary N) is 1. The number of carbonyl (C=O) groups is 2. The number of aryl methyl sites for hydroxylation is 1. The molecule has 208 valence electrons. The molecule has 9 heteroatoms. The number of rotatable bonds is 12. The number of sulfonamides is 1. The van der Waals surface area contributed by atoms with Gasteiger partial charge in [-0.2, -0.15) is 0 Å². The van der Waals surface area contributed by atoms with Crippen molar-refractivity contribution in [2.45, 2.75) is 52.2 Å². The van der Waals surface area contributed by atoms with Crippen LogP contribution in [0.25, 0.3) is 0 Å². The Kier molecular flexibility index (Phi) is 10.5. The summed E-state index contributed by atoms with van der Waals surface area (Å²) in [6.07, 6.45) is 2.07.